The normalized spacial score (nSPS) is 12.1. The average molecular weight is 193 g/mol. The Morgan fingerprint density at radius 1 is 1.07 bits per heavy atom. The second kappa shape index (κ2) is 5.79. The van der Waals surface area contributed by atoms with Crippen LogP contribution in [0.15, 0.2) is 28.9 Å². The van der Waals surface area contributed by atoms with E-state index in [2.05, 4.69) is 45.3 Å². The number of rotatable bonds is 4. The van der Waals surface area contributed by atoms with E-state index in [1.54, 1.807) is 0 Å². The van der Waals surface area contributed by atoms with Crippen LogP contribution in [-0.2, 0) is 0 Å². The van der Waals surface area contributed by atoms with Crippen LogP contribution >= 0.6 is 0 Å². The molecule has 0 fully saturated rings. The Bertz CT molecular complexity index is 250. The van der Waals surface area contributed by atoms with Crippen molar-refractivity contribution in [2.45, 2.75) is 41.5 Å². The van der Waals surface area contributed by atoms with Gasteiger partial charge in [-0.3, -0.25) is 4.99 Å². The van der Waals surface area contributed by atoms with Gasteiger partial charge in [-0.1, -0.05) is 39.8 Å². The summed E-state index contributed by atoms with van der Waals surface area (Å²) in [5, 5.41) is 0. The Balaban J connectivity index is 4.83. The molecule has 0 amide bonds. The molecule has 0 heterocycles. The van der Waals surface area contributed by atoms with Crippen molar-refractivity contribution in [1.29, 1.82) is 0 Å². The second-order valence-corrected chi connectivity index (χ2v) is 4.51. The highest BCUT2D eigenvalue weighted by molar-refractivity contribution is 5.80. The smallest absolute Gasteiger partial charge is 0.0430 e. The van der Waals surface area contributed by atoms with Gasteiger partial charge in [0.1, 0.15) is 0 Å². The number of allylic oxidation sites excluding steroid dienone is 3. The van der Waals surface area contributed by atoms with Gasteiger partial charge in [0.05, 0.1) is 0 Å². The van der Waals surface area contributed by atoms with Gasteiger partial charge in [0.2, 0.25) is 0 Å². The van der Waals surface area contributed by atoms with Crippen LogP contribution in [0.25, 0.3) is 0 Å². The lowest BCUT2D eigenvalue weighted by Crippen LogP contribution is -1.97. The molecule has 0 aromatic rings. The second-order valence-electron chi connectivity index (χ2n) is 4.51. The third-order valence-electron chi connectivity index (χ3n) is 2.02. The number of aliphatic imine (C=N–C) groups is 1. The van der Waals surface area contributed by atoms with Gasteiger partial charge in [-0.2, -0.15) is 0 Å². The summed E-state index contributed by atoms with van der Waals surface area (Å²) in [6, 6.07) is 0. The maximum absolute atomic E-state index is 4.52. The Labute approximate surface area is 88.6 Å². The van der Waals surface area contributed by atoms with Gasteiger partial charge >= 0.3 is 0 Å². The SMILES string of the molecule is C=C(/C=C(\N=C(C)C)C(C)C)C(C)C. The van der Waals surface area contributed by atoms with Crippen molar-refractivity contribution in [2.75, 3.05) is 0 Å². The van der Waals surface area contributed by atoms with Crippen molar-refractivity contribution < 1.29 is 0 Å². The molecule has 0 rings (SSSR count). The largest absolute Gasteiger partial charge is 0.263 e. The van der Waals surface area contributed by atoms with Crippen LogP contribution in [-0.4, -0.2) is 5.71 Å². The van der Waals surface area contributed by atoms with E-state index in [1.165, 1.54) is 0 Å². The van der Waals surface area contributed by atoms with Crippen molar-refractivity contribution in [3.05, 3.63) is 23.9 Å². The first kappa shape index (κ1) is 13.2. The zero-order valence-electron chi connectivity index (χ0n) is 10.4. The molecule has 0 aliphatic heterocycles. The third-order valence-corrected chi connectivity index (χ3v) is 2.02. The van der Waals surface area contributed by atoms with Gasteiger partial charge in [-0.05, 0) is 31.8 Å². The number of hydrogen-bond donors (Lipinski definition) is 0. The van der Waals surface area contributed by atoms with Gasteiger partial charge in [0.15, 0.2) is 0 Å². The fraction of sp³-hybridized carbons (Fsp3) is 0.615. The summed E-state index contributed by atoms with van der Waals surface area (Å²) >= 11 is 0. The summed E-state index contributed by atoms with van der Waals surface area (Å²) < 4.78 is 0. The van der Waals surface area contributed by atoms with Crippen LogP contribution in [0.3, 0.4) is 0 Å². The molecule has 1 nitrogen and oxygen atoms in total. The summed E-state index contributed by atoms with van der Waals surface area (Å²) in [4.78, 5) is 4.52. The maximum Gasteiger partial charge on any atom is 0.0430 e. The molecule has 0 aliphatic rings. The lowest BCUT2D eigenvalue weighted by atomic mass is 10.0. The standard InChI is InChI=1S/C13H23N/c1-9(2)12(7)8-13(10(3)4)14-11(5)6/h8-10H,7H2,1-6H3/b13-8-. The van der Waals surface area contributed by atoms with Crippen LogP contribution < -0.4 is 0 Å². The molecule has 0 spiro atoms. The molecular weight excluding hydrogens is 170 g/mol. The van der Waals surface area contributed by atoms with Gasteiger partial charge in [-0.15, -0.1) is 0 Å². The van der Waals surface area contributed by atoms with Gasteiger partial charge in [-0.25, -0.2) is 0 Å². The van der Waals surface area contributed by atoms with Gasteiger partial charge in [0.25, 0.3) is 0 Å². The Morgan fingerprint density at radius 2 is 1.57 bits per heavy atom. The predicted octanol–water partition coefficient (Wildman–Crippen LogP) is 4.22. The molecule has 0 aliphatic carbocycles. The summed E-state index contributed by atoms with van der Waals surface area (Å²) in [7, 11) is 0. The Morgan fingerprint density at radius 3 is 1.86 bits per heavy atom. The third kappa shape index (κ3) is 5.00. The molecule has 0 radical (unpaired) electrons. The first-order chi connectivity index (χ1) is 6.34. The average Bonchev–Trinajstić information content (AvgIpc) is 2.01. The van der Waals surface area contributed by atoms with E-state index < -0.39 is 0 Å². The van der Waals surface area contributed by atoms with Crippen LogP contribution in [0.2, 0.25) is 0 Å². The number of nitrogens with zero attached hydrogens (tertiary/aromatic N) is 1. The quantitative estimate of drug-likeness (QED) is 0.468. The lowest BCUT2D eigenvalue weighted by molar-refractivity contribution is 0.741. The lowest BCUT2D eigenvalue weighted by Gasteiger charge is -2.10. The Hall–Kier alpha value is -0.850. The van der Waals surface area contributed by atoms with Crippen molar-refractivity contribution in [1.82, 2.24) is 0 Å². The minimum absolute atomic E-state index is 0.459. The maximum atomic E-state index is 4.52. The van der Waals surface area contributed by atoms with Gasteiger partial charge in [0, 0.05) is 11.4 Å². The molecule has 0 aromatic carbocycles. The van der Waals surface area contributed by atoms with Gasteiger partial charge < -0.3 is 0 Å². The minimum Gasteiger partial charge on any atom is -0.263 e. The van der Waals surface area contributed by atoms with Crippen LogP contribution in [0.1, 0.15) is 41.5 Å². The van der Waals surface area contributed by atoms with Crippen LogP contribution in [0.5, 0.6) is 0 Å². The van der Waals surface area contributed by atoms with E-state index in [-0.39, 0.29) is 0 Å². The minimum atomic E-state index is 0.459. The molecule has 0 bridgehead atoms. The zero-order valence-corrected chi connectivity index (χ0v) is 10.4. The number of hydrogen-bond acceptors (Lipinski definition) is 1. The van der Waals surface area contributed by atoms with E-state index in [0.717, 1.165) is 17.0 Å². The van der Waals surface area contributed by atoms with E-state index in [1.807, 2.05) is 13.8 Å². The van der Waals surface area contributed by atoms with E-state index in [0.29, 0.717) is 11.8 Å². The van der Waals surface area contributed by atoms with Crippen molar-refractivity contribution in [3.63, 3.8) is 0 Å². The summed E-state index contributed by atoms with van der Waals surface area (Å²) in [6.07, 6.45) is 2.11. The van der Waals surface area contributed by atoms with Crippen molar-refractivity contribution in [3.8, 4) is 0 Å². The van der Waals surface area contributed by atoms with Crippen LogP contribution in [0.4, 0.5) is 0 Å². The molecule has 0 aromatic heterocycles. The molecule has 0 unspecified atom stereocenters. The highest BCUT2D eigenvalue weighted by Crippen LogP contribution is 2.17. The highest BCUT2D eigenvalue weighted by atomic mass is 14.8. The summed E-state index contributed by atoms with van der Waals surface area (Å²) in [5.41, 5.74) is 3.38. The molecule has 80 valence electrons. The van der Waals surface area contributed by atoms with E-state index in [9.17, 15) is 0 Å². The molecule has 0 atom stereocenters. The molecule has 1 heteroatoms. The fourth-order valence-electron chi connectivity index (χ4n) is 0.943. The first-order valence-electron chi connectivity index (χ1n) is 5.26. The molecule has 0 saturated heterocycles. The fourth-order valence-corrected chi connectivity index (χ4v) is 0.943. The monoisotopic (exact) mass is 193 g/mol. The van der Waals surface area contributed by atoms with E-state index in [4.69, 9.17) is 0 Å². The van der Waals surface area contributed by atoms with Crippen molar-refractivity contribution in [2.24, 2.45) is 16.8 Å². The van der Waals surface area contributed by atoms with E-state index >= 15 is 0 Å². The molecule has 0 saturated carbocycles. The molecule has 14 heavy (non-hydrogen) atoms. The zero-order chi connectivity index (χ0) is 11.3. The summed E-state index contributed by atoms with van der Waals surface area (Å²) in [6.45, 7) is 16.7. The molecular formula is C13H23N. The Kier molecular flexibility index (Phi) is 5.44. The van der Waals surface area contributed by atoms with Crippen LogP contribution in [0, 0.1) is 11.8 Å². The molecule has 0 N–H and O–H groups in total. The topological polar surface area (TPSA) is 12.4 Å². The predicted molar refractivity (Wildman–Crippen MR) is 65.7 cm³/mol. The van der Waals surface area contributed by atoms with Crippen molar-refractivity contribution >= 4 is 5.71 Å². The highest BCUT2D eigenvalue weighted by Gasteiger charge is 2.04. The summed E-state index contributed by atoms with van der Waals surface area (Å²) in [5.74, 6) is 0.955. The first-order valence-corrected chi connectivity index (χ1v) is 5.26.